The molecule has 0 radical (unpaired) electrons. The number of hydrogen-bond acceptors (Lipinski definition) is 1. The monoisotopic (exact) mass is 287 g/mol. The zero-order chi connectivity index (χ0) is 14.2. The van der Waals surface area contributed by atoms with Gasteiger partial charge >= 0.3 is 0 Å². The highest BCUT2D eigenvalue weighted by atomic mass is 35.5. The van der Waals surface area contributed by atoms with E-state index < -0.39 is 11.6 Å². The number of halogens is 3. The van der Waals surface area contributed by atoms with E-state index in [1.807, 2.05) is 0 Å². The van der Waals surface area contributed by atoms with Gasteiger partial charge in [0.15, 0.2) is 5.82 Å². The molecule has 1 aromatic rings. The van der Waals surface area contributed by atoms with E-state index in [0.29, 0.717) is 5.92 Å². The van der Waals surface area contributed by atoms with Crippen LogP contribution < -0.4 is 5.32 Å². The van der Waals surface area contributed by atoms with E-state index in [0.717, 1.165) is 25.0 Å². The fraction of sp³-hybridized carbons (Fsp3) is 0.600. The summed E-state index contributed by atoms with van der Waals surface area (Å²) in [7, 11) is 0. The largest absolute Gasteiger partial charge is 0.379 e. The molecule has 0 aromatic heterocycles. The molecule has 1 saturated carbocycles. The Hall–Kier alpha value is -0.830. The van der Waals surface area contributed by atoms with Crippen molar-refractivity contribution in [3.05, 3.63) is 28.8 Å². The molecule has 4 heteroatoms. The standard InChI is InChI=1S/C15H20ClF2N/c1-9-4-11(8-15(2,3)7-9)19-14-12(16)5-10(17)6-13(14)18/h5-6,9,11,19H,4,7-8H2,1-3H3. The van der Waals surface area contributed by atoms with Crippen LogP contribution in [0.4, 0.5) is 14.5 Å². The van der Waals surface area contributed by atoms with Gasteiger partial charge in [-0.25, -0.2) is 8.78 Å². The summed E-state index contributed by atoms with van der Waals surface area (Å²) in [5, 5.41) is 3.26. The SMILES string of the molecule is CC1CC(Nc2c(F)cc(F)cc2Cl)CC(C)(C)C1. The second kappa shape index (κ2) is 5.28. The van der Waals surface area contributed by atoms with Crippen LogP contribution >= 0.6 is 11.6 Å². The Balaban J connectivity index is 2.17. The summed E-state index contributed by atoms with van der Waals surface area (Å²) >= 11 is 5.92. The van der Waals surface area contributed by atoms with Crippen molar-refractivity contribution in [2.24, 2.45) is 11.3 Å². The molecular formula is C15H20ClF2N. The van der Waals surface area contributed by atoms with E-state index in [9.17, 15) is 8.78 Å². The zero-order valence-corrected chi connectivity index (χ0v) is 12.3. The summed E-state index contributed by atoms with van der Waals surface area (Å²) in [4.78, 5) is 0. The Morgan fingerprint density at radius 3 is 2.53 bits per heavy atom. The quantitative estimate of drug-likeness (QED) is 0.784. The average Bonchev–Trinajstić information content (AvgIpc) is 2.20. The van der Waals surface area contributed by atoms with Crippen LogP contribution in [-0.2, 0) is 0 Å². The average molecular weight is 288 g/mol. The molecule has 1 fully saturated rings. The van der Waals surface area contributed by atoms with Crippen molar-refractivity contribution >= 4 is 17.3 Å². The number of hydrogen-bond donors (Lipinski definition) is 1. The van der Waals surface area contributed by atoms with Gasteiger partial charge in [-0.2, -0.15) is 0 Å². The zero-order valence-electron chi connectivity index (χ0n) is 11.6. The van der Waals surface area contributed by atoms with Crippen LogP contribution in [0.1, 0.15) is 40.0 Å². The summed E-state index contributed by atoms with van der Waals surface area (Å²) < 4.78 is 26.8. The highest BCUT2D eigenvalue weighted by molar-refractivity contribution is 6.33. The summed E-state index contributed by atoms with van der Waals surface area (Å²) in [6.07, 6.45) is 3.12. The van der Waals surface area contributed by atoms with Gasteiger partial charge in [0.05, 0.1) is 10.7 Å². The van der Waals surface area contributed by atoms with Crippen molar-refractivity contribution in [1.82, 2.24) is 0 Å². The third kappa shape index (κ3) is 3.59. The minimum atomic E-state index is -0.648. The molecule has 0 aliphatic heterocycles. The maximum Gasteiger partial charge on any atom is 0.150 e. The van der Waals surface area contributed by atoms with Crippen LogP contribution in [0.3, 0.4) is 0 Å². The maximum absolute atomic E-state index is 13.8. The van der Waals surface area contributed by atoms with Gasteiger partial charge in [0.1, 0.15) is 5.82 Å². The number of nitrogens with one attached hydrogen (secondary N) is 1. The van der Waals surface area contributed by atoms with Gasteiger partial charge in [-0.05, 0) is 36.7 Å². The second-order valence-electron chi connectivity index (χ2n) is 6.50. The first kappa shape index (κ1) is 14.6. The Morgan fingerprint density at radius 1 is 1.26 bits per heavy atom. The molecule has 1 aliphatic carbocycles. The molecule has 2 unspecified atom stereocenters. The normalized spacial score (nSPS) is 26.2. The molecule has 0 bridgehead atoms. The smallest absolute Gasteiger partial charge is 0.150 e. The second-order valence-corrected chi connectivity index (χ2v) is 6.91. The number of anilines is 1. The summed E-state index contributed by atoms with van der Waals surface area (Å²) in [5.41, 5.74) is 0.455. The van der Waals surface area contributed by atoms with E-state index >= 15 is 0 Å². The van der Waals surface area contributed by atoms with Crippen LogP contribution in [0.2, 0.25) is 5.02 Å². The van der Waals surface area contributed by atoms with Gasteiger partial charge in [0.2, 0.25) is 0 Å². The van der Waals surface area contributed by atoms with Crippen molar-refractivity contribution < 1.29 is 8.78 Å². The van der Waals surface area contributed by atoms with E-state index in [1.54, 1.807) is 0 Å². The van der Waals surface area contributed by atoms with Gasteiger partial charge in [0.25, 0.3) is 0 Å². The molecule has 2 atom stereocenters. The van der Waals surface area contributed by atoms with Gasteiger partial charge in [-0.15, -0.1) is 0 Å². The van der Waals surface area contributed by atoms with Crippen molar-refractivity contribution in [1.29, 1.82) is 0 Å². The van der Waals surface area contributed by atoms with Gasteiger partial charge in [-0.1, -0.05) is 32.4 Å². The van der Waals surface area contributed by atoms with Crippen LogP contribution in [0.15, 0.2) is 12.1 Å². The fourth-order valence-electron chi connectivity index (χ4n) is 3.34. The first-order valence-corrected chi connectivity index (χ1v) is 7.06. The van der Waals surface area contributed by atoms with E-state index in [1.165, 1.54) is 6.42 Å². The van der Waals surface area contributed by atoms with Crippen molar-refractivity contribution in [3.8, 4) is 0 Å². The van der Waals surface area contributed by atoms with E-state index in [-0.39, 0.29) is 22.2 Å². The Morgan fingerprint density at radius 2 is 1.95 bits per heavy atom. The van der Waals surface area contributed by atoms with Crippen LogP contribution in [0.25, 0.3) is 0 Å². The third-order valence-electron chi connectivity index (χ3n) is 3.74. The first-order valence-electron chi connectivity index (χ1n) is 6.68. The summed E-state index contributed by atoms with van der Waals surface area (Å²) in [6, 6.07) is 2.19. The molecule has 0 saturated heterocycles. The minimum absolute atomic E-state index is 0.105. The third-order valence-corrected chi connectivity index (χ3v) is 4.04. The number of rotatable bonds is 2. The molecule has 2 rings (SSSR count). The highest BCUT2D eigenvalue weighted by Crippen LogP contribution is 2.40. The molecule has 106 valence electrons. The molecule has 0 amide bonds. The fourth-order valence-corrected chi connectivity index (χ4v) is 3.59. The molecule has 19 heavy (non-hydrogen) atoms. The van der Waals surface area contributed by atoms with Gasteiger partial charge in [0, 0.05) is 12.1 Å². The molecule has 0 spiro atoms. The summed E-state index contributed by atoms with van der Waals surface area (Å²) in [6.45, 7) is 6.65. The lowest BCUT2D eigenvalue weighted by atomic mass is 9.70. The van der Waals surface area contributed by atoms with Crippen LogP contribution in [-0.4, -0.2) is 6.04 Å². The molecule has 0 heterocycles. The Kier molecular flexibility index (Phi) is 4.05. The van der Waals surface area contributed by atoms with Crippen molar-refractivity contribution in [2.45, 2.75) is 46.1 Å². The van der Waals surface area contributed by atoms with E-state index in [4.69, 9.17) is 11.6 Å². The lowest BCUT2D eigenvalue weighted by Crippen LogP contribution is -2.35. The molecule has 1 N–H and O–H groups in total. The van der Waals surface area contributed by atoms with E-state index in [2.05, 4.69) is 26.1 Å². The summed E-state index contributed by atoms with van der Waals surface area (Å²) in [5.74, 6) is -0.685. The van der Waals surface area contributed by atoms with Crippen molar-refractivity contribution in [2.75, 3.05) is 5.32 Å². The van der Waals surface area contributed by atoms with Gasteiger partial charge < -0.3 is 5.32 Å². The Labute approximate surface area is 118 Å². The van der Waals surface area contributed by atoms with Gasteiger partial charge in [-0.3, -0.25) is 0 Å². The van der Waals surface area contributed by atoms with Crippen LogP contribution in [0.5, 0.6) is 0 Å². The number of benzene rings is 1. The molecule has 1 aliphatic rings. The van der Waals surface area contributed by atoms with Crippen molar-refractivity contribution in [3.63, 3.8) is 0 Å². The molecular weight excluding hydrogens is 268 g/mol. The minimum Gasteiger partial charge on any atom is -0.379 e. The van der Waals surface area contributed by atoms with Crippen LogP contribution in [0, 0.1) is 23.0 Å². The molecule has 1 nitrogen and oxygen atoms in total. The predicted molar refractivity (Wildman–Crippen MR) is 75.6 cm³/mol. The highest BCUT2D eigenvalue weighted by Gasteiger charge is 2.32. The Bertz CT molecular complexity index is 450. The predicted octanol–water partition coefficient (Wildman–Crippen LogP) is 5.24. The first-order chi connectivity index (χ1) is 8.77. The molecule has 1 aromatic carbocycles. The topological polar surface area (TPSA) is 12.0 Å². The lowest BCUT2D eigenvalue weighted by molar-refractivity contribution is 0.177. The lowest BCUT2D eigenvalue weighted by Gasteiger charge is -2.39. The maximum atomic E-state index is 13.8.